The van der Waals surface area contributed by atoms with Crippen LogP contribution in [0.4, 0.5) is 0 Å². The van der Waals surface area contributed by atoms with Crippen LogP contribution in [0.5, 0.6) is 0 Å². The van der Waals surface area contributed by atoms with E-state index in [1.807, 2.05) is 6.92 Å². The van der Waals surface area contributed by atoms with Gasteiger partial charge in [-0.25, -0.2) is 0 Å². The molecular formula is C8H11NO. The minimum absolute atomic E-state index is 0.363. The number of ketones is 1. The van der Waals surface area contributed by atoms with Gasteiger partial charge in [0.25, 0.3) is 0 Å². The SMILES string of the molecule is CC1=C2CNCC2CC1=O. The van der Waals surface area contributed by atoms with Crippen molar-refractivity contribution in [3.05, 3.63) is 11.1 Å². The van der Waals surface area contributed by atoms with Crippen molar-refractivity contribution in [1.29, 1.82) is 0 Å². The van der Waals surface area contributed by atoms with Crippen LogP contribution in [0.3, 0.4) is 0 Å². The van der Waals surface area contributed by atoms with Gasteiger partial charge in [0.15, 0.2) is 5.78 Å². The third-order valence-corrected chi connectivity index (χ3v) is 2.53. The maximum Gasteiger partial charge on any atom is 0.159 e. The molecule has 0 aromatic rings. The van der Waals surface area contributed by atoms with Crippen molar-refractivity contribution in [2.75, 3.05) is 13.1 Å². The molecule has 2 nitrogen and oxygen atoms in total. The number of allylic oxidation sites excluding steroid dienone is 1. The van der Waals surface area contributed by atoms with E-state index >= 15 is 0 Å². The molecule has 1 unspecified atom stereocenters. The molecule has 0 radical (unpaired) electrons. The number of carbonyl (C=O) groups excluding carboxylic acids is 1. The predicted octanol–water partition coefficient (Wildman–Crippen LogP) is 0.495. The first-order valence-corrected chi connectivity index (χ1v) is 3.72. The average molecular weight is 137 g/mol. The van der Waals surface area contributed by atoms with Crippen LogP contribution in [0, 0.1) is 5.92 Å². The van der Waals surface area contributed by atoms with Crippen LogP contribution in [-0.2, 0) is 4.79 Å². The van der Waals surface area contributed by atoms with Gasteiger partial charge < -0.3 is 5.32 Å². The summed E-state index contributed by atoms with van der Waals surface area (Å²) in [7, 11) is 0. The highest BCUT2D eigenvalue weighted by molar-refractivity contribution is 5.98. The van der Waals surface area contributed by atoms with E-state index in [0.717, 1.165) is 25.1 Å². The molecule has 10 heavy (non-hydrogen) atoms. The normalized spacial score (nSPS) is 31.7. The lowest BCUT2D eigenvalue weighted by Gasteiger charge is -1.96. The highest BCUT2D eigenvalue weighted by Crippen LogP contribution is 2.30. The highest BCUT2D eigenvalue weighted by atomic mass is 16.1. The van der Waals surface area contributed by atoms with Crippen molar-refractivity contribution in [3.63, 3.8) is 0 Å². The van der Waals surface area contributed by atoms with Crippen LogP contribution in [0.15, 0.2) is 11.1 Å². The predicted molar refractivity (Wildman–Crippen MR) is 38.7 cm³/mol. The average Bonchev–Trinajstić information content (AvgIpc) is 2.41. The Bertz CT molecular complexity index is 217. The summed E-state index contributed by atoms with van der Waals surface area (Å²) < 4.78 is 0. The van der Waals surface area contributed by atoms with Gasteiger partial charge in [-0.05, 0) is 18.1 Å². The third kappa shape index (κ3) is 0.655. The summed E-state index contributed by atoms with van der Waals surface area (Å²) in [6, 6.07) is 0. The molecule has 0 spiro atoms. The van der Waals surface area contributed by atoms with Crippen LogP contribution >= 0.6 is 0 Å². The Balaban J connectivity index is 2.37. The van der Waals surface area contributed by atoms with Crippen molar-refractivity contribution in [3.8, 4) is 0 Å². The van der Waals surface area contributed by atoms with Gasteiger partial charge in [-0.2, -0.15) is 0 Å². The second-order valence-electron chi connectivity index (χ2n) is 3.11. The molecule has 1 saturated heterocycles. The molecule has 0 saturated carbocycles. The first kappa shape index (κ1) is 6.10. The molecule has 1 heterocycles. The molecule has 54 valence electrons. The largest absolute Gasteiger partial charge is 0.312 e. The number of Topliss-reactive ketones (excluding diaryl/α,β-unsaturated/α-hetero) is 1. The zero-order valence-electron chi connectivity index (χ0n) is 6.11. The first-order valence-electron chi connectivity index (χ1n) is 3.72. The lowest BCUT2D eigenvalue weighted by molar-refractivity contribution is -0.115. The minimum atomic E-state index is 0.363. The van der Waals surface area contributed by atoms with Crippen molar-refractivity contribution in [1.82, 2.24) is 5.32 Å². The number of fused-ring (bicyclic) bond motifs is 1. The van der Waals surface area contributed by atoms with E-state index in [0.29, 0.717) is 11.7 Å². The Hall–Kier alpha value is -0.630. The third-order valence-electron chi connectivity index (χ3n) is 2.53. The molecule has 0 aromatic heterocycles. The molecule has 2 rings (SSSR count). The summed E-state index contributed by atoms with van der Waals surface area (Å²) in [6.45, 7) is 3.91. The number of rotatable bonds is 0. The number of carbonyl (C=O) groups is 1. The second kappa shape index (κ2) is 1.92. The molecule has 1 aliphatic heterocycles. The van der Waals surface area contributed by atoms with E-state index < -0.39 is 0 Å². The molecule has 2 heteroatoms. The van der Waals surface area contributed by atoms with Crippen molar-refractivity contribution in [2.45, 2.75) is 13.3 Å². The van der Waals surface area contributed by atoms with Crippen LogP contribution in [0.1, 0.15) is 13.3 Å². The monoisotopic (exact) mass is 137 g/mol. The highest BCUT2D eigenvalue weighted by Gasteiger charge is 2.32. The Morgan fingerprint density at radius 1 is 1.60 bits per heavy atom. The Morgan fingerprint density at radius 3 is 3.10 bits per heavy atom. The number of hydrogen-bond donors (Lipinski definition) is 1. The van der Waals surface area contributed by atoms with E-state index in [9.17, 15) is 4.79 Å². The van der Waals surface area contributed by atoms with Gasteiger partial charge >= 0.3 is 0 Å². The lowest BCUT2D eigenvalue weighted by atomic mass is 10.1. The molecule has 0 bridgehead atoms. The van der Waals surface area contributed by atoms with Gasteiger partial charge in [0.2, 0.25) is 0 Å². The van der Waals surface area contributed by atoms with Crippen molar-refractivity contribution < 1.29 is 4.79 Å². The zero-order valence-corrected chi connectivity index (χ0v) is 6.11. The summed E-state index contributed by atoms with van der Waals surface area (Å²) in [4.78, 5) is 11.1. The van der Waals surface area contributed by atoms with E-state index in [1.54, 1.807) is 0 Å². The van der Waals surface area contributed by atoms with Crippen molar-refractivity contribution >= 4 is 5.78 Å². The Labute approximate surface area is 60.3 Å². The van der Waals surface area contributed by atoms with E-state index in [-0.39, 0.29) is 0 Å². The van der Waals surface area contributed by atoms with Crippen LogP contribution in [0.2, 0.25) is 0 Å². The van der Waals surface area contributed by atoms with Crippen LogP contribution < -0.4 is 5.32 Å². The van der Waals surface area contributed by atoms with E-state index in [2.05, 4.69) is 5.32 Å². The fraction of sp³-hybridized carbons (Fsp3) is 0.625. The van der Waals surface area contributed by atoms with Gasteiger partial charge in [-0.1, -0.05) is 0 Å². The number of hydrogen-bond acceptors (Lipinski definition) is 2. The summed E-state index contributed by atoms with van der Waals surface area (Å²) >= 11 is 0. The molecular weight excluding hydrogens is 126 g/mol. The van der Waals surface area contributed by atoms with Gasteiger partial charge in [-0.15, -0.1) is 0 Å². The number of nitrogens with one attached hydrogen (secondary N) is 1. The zero-order chi connectivity index (χ0) is 7.14. The van der Waals surface area contributed by atoms with Crippen molar-refractivity contribution in [2.24, 2.45) is 5.92 Å². The molecule has 1 N–H and O–H groups in total. The maximum absolute atomic E-state index is 11.1. The van der Waals surface area contributed by atoms with E-state index in [1.165, 1.54) is 5.57 Å². The van der Waals surface area contributed by atoms with E-state index in [4.69, 9.17) is 0 Å². The standard InChI is InChI=1S/C8H11NO/c1-5-7-4-9-3-6(7)2-8(5)10/h6,9H,2-4H2,1H3. The molecule has 0 amide bonds. The smallest absolute Gasteiger partial charge is 0.159 e. The van der Waals surface area contributed by atoms with Gasteiger partial charge in [0.05, 0.1) is 0 Å². The summed E-state index contributed by atoms with van der Waals surface area (Å²) in [6.07, 6.45) is 0.758. The lowest BCUT2D eigenvalue weighted by Crippen LogP contribution is -2.11. The van der Waals surface area contributed by atoms with Crippen LogP contribution in [-0.4, -0.2) is 18.9 Å². The van der Waals surface area contributed by atoms with Crippen LogP contribution in [0.25, 0.3) is 0 Å². The molecule has 1 aliphatic carbocycles. The second-order valence-corrected chi connectivity index (χ2v) is 3.11. The minimum Gasteiger partial charge on any atom is -0.312 e. The Morgan fingerprint density at radius 2 is 2.40 bits per heavy atom. The summed E-state index contributed by atoms with van der Waals surface area (Å²) in [5.74, 6) is 0.911. The fourth-order valence-corrected chi connectivity index (χ4v) is 1.84. The van der Waals surface area contributed by atoms with Gasteiger partial charge in [-0.3, -0.25) is 4.79 Å². The fourth-order valence-electron chi connectivity index (χ4n) is 1.84. The molecule has 0 aromatic carbocycles. The summed E-state index contributed by atoms with van der Waals surface area (Å²) in [5.41, 5.74) is 2.39. The maximum atomic E-state index is 11.1. The quantitative estimate of drug-likeness (QED) is 0.526. The summed E-state index contributed by atoms with van der Waals surface area (Å²) in [5, 5.41) is 3.27. The Kier molecular flexibility index (Phi) is 1.17. The molecule has 2 aliphatic rings. The molecule has 1 atom stereocenters. The molecule has 1 fully saturated rings. The van der Waals surface area contributed by atoms with Gasteiger partial charge in [0, 0.05) is 25.4 Å². The topological polar surface area (TPSA) is 29.1 Å². The van der Waals surface area contributed by atoms with Gasteiger partial charge in [0.1, 0.15) is 0 Å². The first-order chi connectivity index (χ1) is 4.79.